The minimum atomic E-state index is -0.374. The predicted molar refractivity (Wildman–Crippen MR) is 65.9 cm³/mol. The molecular weight excluding hydrogens is 263 g/mol. The highest BCUT2D eigenvalue weighted by Gasteiger charge is 2.12. The van der Waals surface area contributed by atoms with Gasteiger partial charge in [-0.25, -0.2) is 9.97 Å². The Labute approximate surface area is 108 Å². The highest BCUT2D eigenvalue weighted by Crippen LogP contribution is 2.19. The number of carbonyl (C=O) groups excluding carboxylic acids is 1. The van der Waals surface area contributed by atoms with Gasteiger partial charge >= 0.3 is 0 Å². The lowest BCUT2D eigenvalue weighted by molar-refractivity contribution is -0.118. The topological polar surface area (TPSA) is 73.8 Å². The molecule has 5 nitrogen and oxygen atoms in total. The third-order valence-corrected chi connectivity index (χ3v) is 2.78. The highest BCUT2D eigenvalue weighted by molar-refractivity contribution is 6.31. The second-order valence-electron chi connectivity index (χ2n) is 3.53. The number of carbonyl (C=O) groups is 1. The van der Waals surface area contributed by atoms with Crippen LogP contribution < -0.4 is 5.73 Å². The van der Waals surface area contributed by atoms with Crippen LogP contribution in [0.2, 0.25) is 5.02 Å². The zero-order valence-electron chi connectivity index (χ0n) is 8.86. The second kappa shape index (κ2) is 4.89. The fourth-order valence-corrected chi connectivity index (χ4v) is 1.95. The number of imidazole rings is 1. The molecule has 2 aromatic heterocycles. The van der Waals surface area contributed by atoms with Crippen molar-refractivity contribution in [2.75, 3.05) is 0 Å². The van der Waals surface area contributed by atoms with Crippen molar-refractivity contribution in [3.05, 3.63) is 23.1 Å². The number of primary amides is 1. The molecule has 0 aliphatic rings. The van der Waals surface area contributed by atoms with Crippen LogP contribution in [0.25, 0.3) is 11.2 Å². The van der Waals surface area contributed by atoms with Gasteiger partial charge in [-0.3, -0.25) is 4.79 Å². The first-order valence-electron chi connectivity index (χ1n) is 4.96. The van der Waals surface area contributed by atoms with Crippen molar-refractivity contribution in [3.63, 3.8) is 0 Å². The zero-order valence-corrected chi connectivity index (χ0v) is 10.4. The predicted octanol–water partition coefficient (Wildman–Crippen LogP) is 1.70. The van der Waals surface area contributed by atoms with Crippen molar-refractivity contribution in [3.8, 4) is 0 Å². The summed E-state index contributed by atoms with van der Waals surface area (Å²) < 4.78 is 1.78. The van der Waals surface area contributed by atoms with E-state index >= 15 is 0 Å². The number of aryl methyl sites for hydroxylation is 1. The first-order chi connectivity index (χ1) is 8.11. The van der Waals surface area contributed by atoms with Crippen LogP contribution >= 0.6 is 23.2 Å². The van der Waals surface area contributed by atoms with Gasteiger partial charge < -0.3 is 10.3 Å². The molecule has 0 radical (unpaired) electrons. The number of fused-ring (bicyclic) bond motifs is 1. The van der Waals surface area contributed by atoms with Gasteiger partial charge in [0.25, 0.3) is 0 Å². The summed E-state index contributed by atoms with van der Waals surface area (Å²) in [5.74, 6) is 0.520. The standard InChI is InChI=1S/C10H10Cl2N4O/c11-4-9-15-7-3-6(12)5-14-10(7)16(9)2-1-8(13)17/h3,5H,1-2,4H2,(H2,13,17). The summed E-state index contributed by atoms with van der Waals surface area (Å²) in [7, 11) is 0. The Morgan fingerprint density at radius 1 is 1.53 bits per heavy atom. The zero-order chi connectivity index (χ0) is 12.4. The molecule has 0 aromatic carbocycles. The summed E-state index contributed by atoms with van der Waals surface area (Å²) in [6, 6.07) is 1.71. The molecule has 2 aromatic rings. The quantitative estimate of drug-likeness (QED) is 0.861. The van der Waals surface area contributed by atoms with E-state index in [1.165, 1.54) is 6.20 Å². The Bertz CT molecular complexity index is 567. The van der Waals surface area contributed by atoms with Crippen molar-refractivity contribution in [2.24, 2.45) is 5.73 Å². The number of alkyl halides is 1. The third kappa shape index (κ3) is 2.50. The number of rotatable bonds is 4. The maximum atomic E-state index is 10.8. The SMILES string of the molecule is NC(=O)CCn1c(CCl)nc2cc(Cl)cnc21. The van der Waals surface area contributed by atoms with E-state index in [1.807, 2.05) is 0 Å². The average Bonchev–Trinajstić information content (AvgIpc) is 2.63. The van der Waals surface area contributed by atoms with Gasteiger partial charge in [-0.05, 0) is 6.07 Å². The van der Waals surface area contributed by atoms with E-state index in [1.54, 1.807) is 10.6 Å². The molecule has 7 heteroatoms. The van der Waals surface area contributed by atoms with Gasteiger partial charge in [0, 0.05) is 19.2 Å². The summed E-state index contributed by atoms with van der Waals surface area (Å²) in [6.45, 7) is 0.419. The average molecular weight is 273 g/mol. The maximum absolute atomic E-state index is 10.8. The molecule has 0 spiro atoms. The van der Waals surface area contributed by atoms with Crippen LogP contribution in [0.5, 0.6) is 0 Å². The van der Waals surface area contributed by atoms with Crippen molar-refractivity contribution >= 4 is 40.3 Å². The molecule has 2 N–H and O–H groups in total. The van der Waals surface area contributed by atoms with Crippen LogP contribution in [0.1, 0.15) is 12.2 Å². The summed E-state index contributed by atoms with van der Waals surface area (Å²) >= 11 is 11.6. The van der Waals surface area contributed by atoms with E-state index < -0.39 is 0 Å². The van der Waals surface area contributed by atoms with Crippen molar-refractivity contribution < 1.29 is 4.79 Å². The summed E-state index contributed by atoms with van der Waals surface area (Å²) in [6.07, 6.45) is 1.75. The van der Waals surface area contributed by atoms with Crippen LogP contribution in [-0.4, -0.2) is 20.4 Å². The number of halogens is 2. The minimum Gasteiger partial charge on any atom is -0.370 e. The Morgan fingerprint density at radius 3 is 2.94 bits per heavy atom. The number of hydrogen-bond donors (Lipinski definition) is 1. The molecular formula is C10H10Cl2N4O. The van der Waals surface area contributed by atoms with Crippen molar-refractivity contribution in [1.29, 1.82) is 0 Å². The number of aromatic nitrogens is 3. The smallest absolute Gasteiger partial charge is 0.219 e. The Kier molecular flexibility index (Phi) is 3.49. The molecule has 0 saturated heterocycles. The number of hydrogen-bond acceptors (Lipinski definition) is 3. The normalized spacial score (nSPS) is 10.9. The van der Waals surface area contributed by atoms with E-state index in [9.17, 15) is 4.79 Å². The molecule has 2 rings (SSSR count). The minimum absolute atomic E-state index is 0.222. The molecule has 2 heterocycles. The fourth-order valence-electron chi connectivity index (χ4n) is 1.59. The summed E-state index contributed by atoms with van der Waals surface area (Å²) in [4.78, 5) is 19.3. The van der Waals surface area contributed by atoms with E-state index in [0.717, 1.165) is 0 Å². The van der Waals surface area contributed by atoms with Crippen molar-refractivity contribution in [2.45, 2.75) is 18.8 Å². The van der Waals surface area contributed by atoms with Crippen LogP contribution in [-0.2, 0) is 17.2 Å². The Hall–Kier alpha value is -1.33. The lowest BCUT2D eigenvalue weighted by Crippen LogP contribution is -2.15. The molecule has 0 saturated carbocycles. The number of nitrogens with two attached hydrogens (primary N) is 1. The molecule has 17 heavy (non-hydrogen) atoms. The van der Waals surface area contributed by atoms with E-state index in [0.29, 0.717) is 28.6 Å². The molecule has 0 bridgehead atoms. The number of pyridine rings is 1. The molecule has 0 aliphatic carbocycles. The van der Waals surface area contributed by atoms with Gasteiger partial charge in [0.2, 0.25) is 5.91 Å². The third-order valence-electron chi connectivity index (χ3n) is 2.33. The van der Waals surface area contributed by atoms with Gasteiger partial charge in [0.1, 0.15) is 11.3 Å². The molecule has 1 amide bonds. The van der Waals surface area contributed by atoms with Crippen LogP contribution in [0.3, 0.4) is 0 Å². The van der Waals surface area contributed by atoms with Crippen LogP contribution in [0.15, 0.2) is 12.3 Å². The Balaban J connectivity index is 2.47. The van der Waals surface area contributed by atoms with Gasteiger partial charge in [-0.15, -0.1) is 11.6 Å². The lowest BCUT2D eigenvalue weighted by Gasteiger charge is -2.04. The van der Waals surface area contributed by atoms with E-state index in [2.05, 4.69) is 9.97 Å². The molecule has 90 valence electrons. The number of amides is 1. The molecule has 0 atom stereocenters. The van der Waals surface area contributed by atoms with Crippen molar-refractivity contribution in [1.82, 2.24) is 14.5 Å². The summed E-state index contributed by atoms with van der Waals surface area (Å²) in [5, 5.41) is 0.512. The van der Waals surface area contributed by atoms with Gasteiger partial charge in [0.05, 0.1) is 10.9 Å². The lowest BCUT2D eigenvalue weighted by atomic mass is 10.4. The molecule has 0 aliphatic heterocycles. The molecule has 0 unspecified atom stereocenters. The van der Waals surface area contributed by atoms with Gasteiger partial charge in [-0.2, -0.15) is 0 Å². The maximum Gasteiger partial charge on any atom is 0.219 e. The summed E-state index contributed by atoms with van der Waals surface area (Å²) in [5.41, 5.74) is 6.44. The Morgan fingerprint density at radius 2 is 2.29 bits per heavy atom. The van der Waals surface area contributed by atoms with Gasteiger partial charge in [0.15, 0.2) is 5.65 Å². The monoisotopic (exact) mass is 272 g/mol. The first kappa shape index (κ1) is 12.1. The van der Waals surface area contributed by atoms with E-state index in [4.69, 9.17) is 28.9 Å². The first-order valence-corrected chi connectivity index (χ1v) is 5.88. The van der Waals surface area contributed by atoms with Crippen LogP contribution in [0.4, 0.5) is 0 Å². The second-order valence-corrected chi connectivity index (χ2v) is 4.23. The number of nitrogens with zero attached hydrogens (tertiary/aromatic N) is 3. The highest BCUT2D eigenvalue weighted by atomic mass is 35.5. The van der Waals surface area contributed by atoms with Crippen LogP contribution in [0, 0.1) is 0 Å². The fraction of sp³-hybridized carbons (Fsp3) is 0.300. The largest absolute Gasteiger partial charge is 0.370 e. The van der Waals surface area contributed by atoms with Gasteiger partial charge in [-0.1, -0.05) is 11.6 Å². The van der Waals surface area contributed by atoms with E-state index in [-0.39, 0.29) is 18.2 Å². The molecule has 0 fully saturated rings.